The Hall–Kier alpha value is -1.39. The fourth-order valence-electron chi connectivity index (χ4n) is 2.07. The second-order valence-electron chi connectivity index (χ2n) is 4.66. The molecule has 0 fully saturated rings. The quantitative estimate of drug-likeness (QED) is 0.905. The van der Waals surface area contributed by atoms with Crippen molar-refractivity contribution < 1.29 is 14.2 Å². The Kier molecular flexibility index (Phi) is 4.78. The molecule has 0 amide bonds. The molecule has 0 aliphatic carbocycles. The maximum atomic E-state index is 14.0. The molecule has 2 nitrogen and oxygen atoms in total. The van der Waals surface area contributed by atoms with E-state index in [2.05, 4.69) is 15.9 Å². The van der Waals surface area contributed by atoms with Crippen LogP contribution in [0.25, 0.3) is 0 Å². The average Bonchev–Trinajstić information content (AvgIpc) is 2.44. The normalized spacial score (nSPS) is 12.2. The number of halogens is 2. The van der Waals surface area contributed by atoms with Crippen molar-refractivity contribution in [2.45, 2.75) is 19.4 Å². The Morgan fingerprint density at radius 2 is 2.05 bits per heavy atom. The fraction of sp³-hybridized carbons (Fsp3) is 0.250. The number of aliphatic hydroxyl groups is 1. The minimum Gasteiger partial charge on any atom is -0.494 e. The molecular formula is C16H16BrFO2. The van der Waals surface area contributed by atoms with Crippen LogP contribution >= 0.6 is 15.9 Å². The lowest BCUT2D eigenvalue weighted by molar-refractivity contribution is 0.176. The Balaban J connectivity index is 2.23. The number of aliphatic hydroxyl groups excluding tert-OH is 1. The van der Waals surface area contributed by atoms with Gasteiger partial charge in [-0.3, -0.25) is 0 Å². The van der Waals surface area contributed by atoms with Crippen LogP contribution in [0.2, 0.25) is 0 Å². The second kappa shape index (κ2) is 6.37. The molecule has 0 aromatic heterocycles. The van der Waals surface area contributed by atoms with E-state index in [1.54, 1.807) is 18.2 Å². The van der Waals surface area contributed by atoms with E-state index in [-0.39, 0.29) is 12.2 Å². The zero-order valence-corrected chi connectivity index (χ0v) is 12.9. The summed E-state index contributed by atoms with van der Waals surface area (Å²) in [6.07, 6.45) is -0.534. The number of benzene rings is 2. The fourth-order valence-corrected chi connectivity index (χ4v) is 2.32. The summed E-state index contributed by atoms with van der Waals surface area (Å²) >= 11 is 3.42. The lowest BCUT2D eigenvalue weighted by Gasteiger charge is -2.14. The molecule has 0 aliphatic rings. The summed E-state index contributed by atoms with van der Waals surface area (Å²) < 4.78 is 20.0. The number of methoxy groups -OCH3 is 1. The molecule has 106 valence electrons. The molecule has 1 atom stereocenters. The van der Waals surface area contributed by atoms with E-state index < -0.39 is 11.9 Å². The Morgan fingerprint density at radius 1 is 1.30 bits per heavy atom. The van der Waals surface area contributed by atoms with Crippen molar-refractivity contribution in [2.75, 3.05) is 7.11 Å². The summed E-state index contributed by atoms with van der Waals surface area (Å²) in [4.78, 5) is 0. The van der Waals surface area contributed by atoms with Crippen molar-refractivity contribution >= 4 is 15.9 Å². The van der Waals surface area contributed by atoms with Gasteiger partial charge in [0.1, 0.15) is 0 Å². The first kappa shape index (κ1) is 15.0. The van der Waals surface area contributed by atoms with Gasteiger partial charge in [-0.25, -0.2) is 4.39 Å². The summed E-state index contributed by atoms with van der Waals surface area (Å²) in [5, 5.41) is 10.3. The largest absolute Gasteiger partial charge is 0.494 e. The van der Waals surface area contributed by atoms with Crippen molar-refractivity contribution in [1.29, 1.82) is 0 Å². The Morgan fingerprint density at radius 3 is 2.70 bits per heavy atom. The summed E-state index contributed by atoms with van der Waals surface area (Å²) in [6.45, 7) is 1.95. The molecule has 20 heavy (non-hydrogen) atoms. The highest BCUT2D eigenvalue weighted by atomic mass is 79.9. The summed E-state index contributed by atoms with van der Waals surface area (Å²) in [6, 6.07) is 10.6. The van der Waals surface area contributed by atoms with Gasteiger partial charge in [0.05, 0.1) is 13.2 Å². The van der Waals surface area contributed by atoms with E-state index >= 15 is 0 Å². The molecule has 1 unspecified atom stereocenters. The third kappa shape index (κ3) is 3.19. The van der Waals surface area contributed by atoms with Crippen LogP contribution in [-0.4, -0.2) is 12.2 Å². The lowest BCUT2D eigenvalue weighted by atomic mass is 9.99. The molecule has 0 bridgehead atoms. The van der Waals surface area contributed by atoms with Crippen LogP contribution in [0.5, 0.6) is 5.75 Å². The van der Waals surface area contributed by atoms with Crippen LogP contribution in [0.4, 0.5) is 4.39 Å². The maximum absolute atomic E-state index is 14.0. The predicted octanol–water partition coefficient (Wildman–Crippen LogP) is 4.18. The van der Waals surface area contributed by atoms with E-state index in [1.807, 2.05) is 25.1 Å². The van der Waals surface area contributed by atoms with E-state index in [1.165, 1.54) is 7.11 Å². The third-order valence-corrected chi connectivity index (χ3v) is 4.13. The maximum Gasteiger partial charge on any atom is 0.168 e. The monoisotopic (exact) mass is 338 g/mol. The summed E-state index contributed by atoms with van der Waals surface area (Å²) in [5.74, 6) is -0.218. The first-order valence-corrected chi connectivity index (χ1v) is 7.07. The SMILES string of the molecule is COc1cccc(CC(O)c2ccc(Br)c(C)c2)c1F. The molecule has 0 aliphatic heterocycles. The Labute approximate surface area is 126 Å². The van der Waals surface area contributed by atoms with Crippen molar-refractivity contribution in [3.63, 3.8) is 0 Å². The van der Waals surface area contributed by atoms with E-state index in [4.69, 9.17) is 4.74 Å². The van der Waals surface area contributed by atoms with Crippen LogP contribution in [0.1, 0.15) is 22.8 Å². The number of ether oxygens (including phenoxy) is 1. The van der Waals surface area contributed by atoms with Gasteiger partial charge >= 0.3 is 0 Å². The van der Waals surface area contributed by atoms with Gasteiger partial charge < -0.3 is 9.84 Å². The zero-order chi connectivity index (χ0) is 14.7. The molecule has 0 spiro atoms. The molecule has 0 saturated heterocycles. The van der Waals surface area contributed by atoms with Crippen molar-refractivity contribution in [1.82, 2.24) is 0 Å². The van der Waals surface area contributed by atoms with E-state index in [0.717, 1.165) is 15.6 Å². The molecule has 0 radical (unpaired) electrons. The summed E-state index contributed by atoms with van der Waals surface area (Å²) in [5.41, 5.74) is 2.25. The van der Waals surface area contributed by atoms with Crippen molar-refractivity contribution in [3.8, 4) is 5.75 Å². The molecule has 2 aromatic carbocycles. The van der Waals surface area contributed by atoms with Crippen LogP contribution in [-0.2, 0) is 6.42 Å². The predicted molar refractivity (Wildman–Crippen MR) is 80.5 cm³/mol. The van der Waals surface area contributed by atoms with Gasteiger partial charge in [-0.05, 0) is 35.7 Å². The molecule has 0 saturated carbocycles. The third-order valence-electron chi connectivity index (χ3n) is 3.24. The van der Waals surface area contributed by atoms with E-state index in [9.17, 15) is 9.50 Å². The highest BCUT2D eigenvalue weighted by Gasteiger charge is 2.14. The molecule has 4 heteroatoms. The number of aryl methyl sites for hydroxylation is 1. The number of hydrogen-bond donors (Lipinski definition) is 1. The zero-order valence-electron chi connectivity index (χ0n) is 11.4. The lowest BCUT2D eigenvalue weighted by Crippen LogP contribution is -2.05. The topological polar surface area (TPSA) is 29.5 Å². The molecule has 1 N–H and O–H groups in total. The van der Waals surface area contributed by atoms with Gasteiger partial charge in [-0.15, -0.1) is 0 Å². The van der Waals surface area contributed by atoms with Gasteiger partial charge in [0.2, 0.25) is 0 Å². The highest BCUT2D eigenvalue weighted by Crippen LogP contribution is 2.27. The van der Waals surface area contributed by atoms with Gasteiger partial charge in [0.15, 0.2) is 11.6 Å². The van der Waals surface area contributed by atoms with Gasteiger partial charge in [-0.2, -0.15) is 0 Å². The summed E-state index contributed by atoms with van der Waals surface area (Å²) in [7, 11) is 1.43. The smallest absolute Gasteiger partial charge is 0.168 e. The van der Waals surface area contributed by atoms with Crippen LogP contribution < -0.4 is 4.74 Å². The van der Waals surface area contributed by atoms with Crippen LogP contribution in [0, 0.1) is 12.7 Å². The first-order valence-electron chi connectivity index (χ1n) is 6.28. The number of rotatable bonds is 4. The van der Waals surface area contributed by atoms with Crippen molar-refractivity contribution in [3.05, 3.63) is 63.4 Å². The minimum absolute atomic E-state index is 0.196. The minimum atomic E-state index is -0.747. The average molecular weight is 339 g/mol. The first-order chi connectivity index (χ1) is 9.52. The Bertz CT molecular complexity index is 613. The van der Waals surface area contributed by atoms with Gasteiger partial charge in [0, 0.05) is 10.9 Å². The van der Waals surface area contributed by atoms with E-state index in [0.29, 0.717) is 5.56 Å². The molecule has 0 heterocycles. The molecule has 2 rings (SSSR count). The van der Waals surface area contributed by atoms with Gasteiger partial charge in [-0.1, -0.05) is 40.2 Å². The van der Waals surface area contributed by atoms with Crippen LogP contribution in [0.15, 0.2) is 40.9 Å². The van der Waals surface area contributed by atoms with Crippen LogP contribution in [0.3, 0.4) is 0 Å². The van der Waals surface area contributed by atoms with Crippen molar-refractivity contribution in [2.24, 2.45) is 0 Å². The second-order valence-corrected chi connectivity index (χ2v) is 5.52. The highest BCUT2D eigenvalue weighted by molar-refractivity contribution is 9.10. The van der Waals surface area contributed by atoms with Gasteiger partial charge in [0.25, 0.3) is 0 Å². The molecule has 2 aromatic rings. The molecular weight excluding hydrogens is 323 g/mol. The standard InChI is InChI=1S/C16H16BrFO2/c1-10-8-11(6-7-13(10)17)14(19)9-12-4-3-5-15(20-2)16(12)18/h3-8,14,19H,9H2,1-2H3. The number of hydrogen-bond acceptors (Lipinski definition) is 2.